The van der Waals surface area contributed by atoms with E-state index in [1.807, 2.05) is 0 Å². The van der Waals surface area contributed by atoms with Crippen molar-refractivity contribution in [2.45, 2.75) is 25.3 Å². The average molecular weight is 390 g/mol. The van der Waals surface area contributed by atoms with E-state index in [9.17, 15) is 9.18 Å². The fourth-order valence-corrected chi connectivity index (χ4v) is 3.68. The van der Waals surface area contributed by atoms with Crippen molar-refractivity contribution in [1.82, 2.24) is 15.2 Å². The highest BCUT2D eigenvalue weighted by atomic mass is 32.1. The largest absolute Gasteiger partial charge is 0.398 e. The van der Waals surface area contributed by atoms with Gasteiger partial charge in [0.15, 0.2) is 5.13 Å². The lowest BCUT2D eigenvalue weighted by atomic mass is 10.1. The molecule has 1 aliphatic heterocycles. The van der Waals surface area contributed by atoms with Gasteiger partial charge in [-0.25, -0.2) is 9.37 Å². The van der Waals surface area contributed by atoms with Crippen LogP contribution in [0.15, 0.2) is 36.4 Å². The average Bonchev–Trinajstić information content (AvgIpc) is 3.17. The maximum Gasteiger partial charge on any atom is 0.249 e. The van der Waals surface area contributed by atoms with Crippen LogP contribution in [0.1, 0.15) is 24.8 Å². The summed E-state index contributed by atoms with van der Waals surface area (Å²) < 4.78 is 13.6. The normalized spacial score (nSPS) is 15.9. The predicted molar refractivity (Wildman–Crippen MR) is 108 cm³/mol. The minimum atomic E-state index is -0.554. The van der Waals surface area contributed by atoms with Gasteiger partial charge in [0.2, 0.25) is 5.91 Å². The molecule has 8 heteroatoms. The summed E-state index contributed by atoms with van der Waals surface area (Å²) in [7, 11) is 0. The van der Waals surface area contributed by atoms with Crippen molar-refractivity contribution in [2.75, 3.05) is 30.7 Å². The number of thiazole rings is 1. The lowest BCUT2D eigenvalue weighted by Gasteiger charge is -2.31. The first kappa shape index (κ1) is 19.3. The van der Waals surface area contributed by atoms with Crippen molar-refractivity contribution in [2.24, 2.45) is 0 Å². The van der Waals surface area contributed by atoms with Gasteiger partial charge in [-0.3, -0.25) is 4.79 Å². The fraction of sp³-hybridized carbons (Fsp3) is 0.368. The molecule has 4 N–H and O–H groups in total. The van der Waals surface area contributed by atoms with Crippen LogP contribution < -0.4 is 16.4 Å². The Kier molecular flexibility index (Phi) is 6.41. The summed E-state index contributed by atoms with van der Waals surface area (Å²) in [6.07, 6.45) is 5.10. The highest BCUT2D eigenvalue weighted by molar-refractivity contribution is 7.13. The van der Waals surface area contributed by atoms with Crippen molar-refractivity contribution in [3.8, 4) is 0 Å². The number of nitrogens with zero attached hydrogens (tertiary/aromatic N) is 2. The van der Waals surface area contributed by atoms with Crippen molar-refractivity contribution >= 4 is 33.8 Å². The second-order valence-corrected chi connectivity index (χ2v) is 7.49. The number of nitrogens with one attached hydrogen (secondary N) is 2. The van der Waals surface area contributed by atoms with E-state index in [0.29, 0.717) is 28.6 Å². The van der Waals surface area contributed by atoms with Gasteiger partial charge in [-0.05, 0) is 44.1 Å². The van der Waals surface area contributed by atoms with E-state index in [0.717, 1.165) is 25.9 Å². The van der Waals surface area contributed by atoms with Crippen LogP contribution in [0.4, 0.5) is 15.2 Å². The fourth-order valence-electron chi connectivity index (χ4n) is 3.15. The van der Waals surface area contributed by atoms with E-state index in [1.165, 1.54) is 36.0 Å². The van der Waals surface area contributed by atoms with Gasteiger partial charge in [0.25, 0.3) is 0 Å². The Bertz CT molecular complexity index is 789. The second-order valence-electron chi connectivity index (χ2n) is 6.59. The number of nitrogens with two attached hydrogens (primary N) is 1. The van der Waals surface area contributed by atoms with Crippen LogP contribution in [0.3, 0.4) is 0 Å². The third-order valence-electron chi connectivity index (χ3n) is 4.56. The number of carbonyl (C=O) groups is 1. The van der Waals surface area contributed by atoms with Crippen molar-refractivity contribution in [3.63, 3.8) is 0 Å². The number of aromatic nitrogens is 1. The number of nitrogen functional groups attached to an aromatic ring is 1. The lowest BCUT2D eigenvalue weighted by Crippen LogP contribution is -2.49. The molecule has 0 radical (unpaired) electrons. The minimum absolute atomic E-state index is 0.202. The third kappa shape index (κ3) is 5.27. The topological polar surface area (TPSA) is 83.3 Å². The highest BCUT2D eigenvalue weighted by Crippen LogP contribution is 2.21. The zero-order valence-electron chi connectivity index (χ0n) is 15.1. The van der Waals surface area contributed by atoms with Gasteiger partial charge in [-0.2, -0.15) is 0 Å². The van der Waals surface area contributed by atoms with Crippen molar-refractivity contribution in [1.29, 1.82) is 0 Å². The molecule has 1 aliphatic rings. The Morgan fingerprint density at radius 1 is 1.37 bits per heavy atom. The van der Waals surface area contributed by atoms with Gasteiger partial charge >= 0.3 is 0 Å². The van der Waals surface area contributed by atoms with Gasteiger partial charge in [0, 0.05) is 35.1 Å². The van der Waals surface area contributed by atoms with Crippen LogP contribution in [0.5, 0.6) is 0 Å². The number of carbonyl (C=O) groups excluding carboxylic acids is 1. The molecular formula is C19H24FN5OS. The summed E-state index contributed by atoms with van der Waals surface area (Å²) in [5, 5.41) is 8.31. The molecule has 0 aliphatic carbocycles. The molecule has 2 aromatic rings. The van der Waals surface area contributed by atoms with Gasteiger partial charge in [-0.15, -0.1) is 11.3 Å². The number of anilines is 2. The number of halogens is 1. The summed E-state index contributed by atoms with van der Waals surface area (Å²) in [4.78, 5) is 19.2. The van der Waals surface area contributed by atoms with Crippen LogP contribution in [0.2, 0.25) is 0 Å². The molecule has 144 valence electrons. The van der Waals surface area contributed by atoms with Crippen LogP contribution in [-0.2, 0) is 4.79 Å². The molecule has 27 heavy (non-hydrogen) atoms. The first-order chi connectivity index (χ1) is 13.0. The number of piperidine rings is 1. The summed E-state index contributed by atoms with van der Waals surface area (Å²) in [6, 6.07) is 3.56. The molecule has 6 nitrogen and oxygen atoms in total. The van der Waals surface area contributed by atoms with Crippen molar-refractivity contribution in [3.05, 3.63) is 47.7 Å². The van der Waals surface area contributed by atoms with Gasteiger partial charge < -0.3 is 21.3 Å². The third-order valence-corrected chi connectivity index (χ3v) is 5.25. The molecule has 2 heterocycles. The zero-order chi connectivity index (χ0) is 19.2. The number of likely N-dealkylation sites (tertiary alicyclic amines) is 1. The molecule has 3 rings (SSSR count). The van der Waals surface area contributed by atoms with Gasteiger partial charge in [-0.1, -0.05) is 13.0 Å². The summed E-state index contributed by atoms with van der Waals surface area (Å²) in [5.74, 6) is -0.603. The molecule has 1 aromatic heterocycles. The molecule has 1 amide bonds. The Hall–Kier alpha value is -2.45. The van der Waals surface area contributed by atoms with Gasteiger partial charge in [0.05, 0.1) is 0 Å². The Morgan fingerprint density at radius 3 is 2.85 bits per heavy atom. The standard InChI is InChI=1S/C19H24FN5OS/c1-13(15-11-14(20)5-6-16(15)21)23-17(12-25-8-3-2-4-9-25)18(26)24-19-22-7-10-27-19/h5-7,10-11,17,23H,1-4,8-9,12,21H2,(H,22,24,26). The Balaban J connectivity index is 1.74. The summed E-state index contributed by atoms with van der Waals surface area (Å²) >= 11 is 1.36. The number of hydrogen-bond donors (Lipinski definition) is 3. The van der Waals surface area contributed by atoms with E-state index < -0.39 is 11.9 Å². The lowest BCUT2D eigenvalue weighted by molar-refractivity contribution is -0.118. The SMILES string of the molecule is C=C(NC(CN1CCCCC1)C(=O)Nc1nccs1)c1cc(F)ccc1N. The Labute approximate surface area is 162 Å². The molecule has 1 unspecified atom stereocenters. The maximum absolute atomic E-state index is 13.6. The maximum atomic E-state index is 13.6. The predicted octanol–water partition coefficient (Wildman–Crippen LogP) is 2.92. The van der Waals surface area contributed by atoms with E-state index >= 15 is 0 Å². The molecular weight excluding hydrogens is 365 g/mol. The number of hydrogen-bond acceptors (Lipinski definition) is 6. The number of amides is 1. The van der Waals surface area contributed by atoms with Crippen molar-refractivity contribution < 1.29 is 9.18 Å². The van der Waals surface area contributed by atoms with E-state index in [2.05, 4.69) is 27.1 Å². The van der Waals surface area contributed by atoms with E-state index in [1.54, 1.807) is 11.6 Å². The van der Waals surface area contributed by atoms with E-state index in [-0.39, 0.29) is 5.91 Å². The minimum Gasteiger partial charge on any atom is -0.398 e. The smallest absolute Gasteiger partial charge is 0.249 e. The number of benzene rings is 1. The van der Waals surface area contributed by atoms with E-state index in [4.69, 9.17) is 5.73 Å². The van der Waals surface area contributed by atoms with Crippen LogP contribution in [-0.4, -0.2) is 41.5 Å². The molecule has 1 aromatic carbocycles. The molecule has 1 saturated heterocycles. The summed E-state index contributed by atoms with van der Waals surface area (Å²) in [5.41, 5.74) is 7.24. The zero-order valence-corrected chi connectivity index (χ0v) is 15.9. The first-order valence-electron chi connectivity index (χ1n) is 8.96. The quantitative estimate of drug-likeness (QED) is 0.634. The summed E-state index contributed by atoms with van der Waals surface area (Å²) in [6.45, 7) is 6.41. The molecule has 1 atom stereocenters. The molecule has 0 spiro atoms. The first-order valence-corrected chi connectivity index (χ1v) is 9.84. The van der Waals surface area contributed by atoms with Crippen LogP contribution >= 0.6 is 11.3 Å². The monoisotopic (exact) mass is 389 g/mol. The van der Waals surface area contributed by atoms with Crippen LogP contribution in [0, 0.1) is 5.82 Å². The molecule has 1 fully saturated rings. The number of rotatable bonds is 7. The molecule has 0 bridgehead atoms. The highest BCUT2D eigenvalue weighted by Gasteiger charge is 2.24. The second kappa shape index (κ2) is 8.96. The molecule has 0 saturated carbocycles. The van der Waals surface area contributed by atoms with Crippen LogP contribution in [0.25, 0.3) is 5.70 Å². The Morgan fingerprint density at radius 2 is 2.15 bits per heavy atom. The van der Waals surface area contributed by atoms with Gasteiger partial charge in [0.1, 0.15) is 11.9 Å².